The Morgan fingerprint density at radius 3 is 2.97 bits per heavy atom. The van der Waals surface area contributed by atoms with Gasteiger partial charge in [-0.3, -0.25) is 19.2 Å². The molecule has 1 saturated heterocycles. The van der Waals surface area contributed by atoms with Crippen LogP contribution in [0.15, 0.2) is 59.7 Å². The number of benzene rings is 1. The summed E-state index contributed by atoms with van der Waals surface area (Å²) in [6.07, 6.45) is 6.51. The SMILES string of the molecule is O=c1cc(OCc2ccc(F)cn2)ccn1-c1ccc2c3c([nH]c2c1)CC1CCCN1C3. The molecular weight excluding hydrogens is 407 g/mol. The zero-order valence-electron chi connectivity index (χ0n) is 17.6. The number of pyridine rings is 2. The lowest BCUT2D eigenvalue weighted by atomic mass is 9.99. The van der Waals surface area contributed by atoms with Crippen molar-refractivity contribution in [2.24, 2.45) is 0 Å². The maximum absolute atomic E-state index is 13.0. The van der Waals surface area contributed by atoms with Crippen molar-refractivity contribution >= 4 is 10.9 Å². The second kappa shape index (κ2) is 7.60. The lowest BCUT2D eigenvalue weighted by molar-refractivity contribution is 0.227. The molecule has 7 heteroatoms. The van der Waals surface area contributed by atoms with Crippen LogP contribution in [0.4, 0.5) is 4.39 Å². The Morgan fingerprint density at radius 2 is 2.12 bits per heavy atom. The fourth-order valence-electron chi connectivity index (χ4n) is 4.99. The standard InChI is InChI=1S/C25H23FN4O2/c26-16-3-4-17(27-13-16)15-32-20-7-9-30(25(31)12-20)19-5-6-21-22-14-29-8-1-2-18(29)10-24(22)28-23(21)11-19/h3-7,9,11-13,18,28H,1-2,8,10,14-15H2. The van der Waals surface area contributed by atoms with E-state index < -0.39 is 5.82 Å². The van der Waals surface area contributed by atoms with E-state index in [1.54, 1.807) is 22.9 Å². The topological polar surface area (TPSA) is 63.1 Å². The Balaban J connectivity index is 1.25. The highest BCUT2D eigenvalue weighted by Crippen LogP contribution is 2.34. The van der Waals surface area contributed by atoms with Gasteiger partial charge in [0, 0.05) is 47.9 Å². The number of rotatable bonds is 4. The van der Waals surface area contributed by atoms with Crippen LogP contribution in [0.25, 0.3) is 16.6 Å². The number of ether oxygens (including phenoxy) is 1. The second-order valence-corrected chi connectivity index (χ2v) is 8.61. The first-order valence-electron chi connectivity index (χ1n) is 11.0. The molecule has 0 bridgehead atoms. The summed E-state index contributed by atoms with van der Waals surface area (Å²) in [6, 6.07) is 12.9. The summed E-state index contributed by atoms with van der Waals surface area (Å²) < 4.78 is 20.2. The molecule has 0 saturated carbocycles. The first kappa shape index (κ1) is 19.3. The van der Waals surface area contributed by atoms with Crippen molar-refractivity contribution in [1.29, 1.82) is 0 Å². The molecule has 1 atom stereocenters. The Bertz CT molecular complexity index is 1360. The van der Waals surface area contributed by atoms with Gasteiger partial charge < -0.3 is 9.72 Å². The van der Waals surface area contributed by atoms with Crippen LogP contribution in [0.1, 0.15) is 29.8 Å². The first-order chi connectivity index (χ1) is 15.6. The number of hydrogen-bond acceptors (Lipinski definition) is 4. The van der Waals surface area contributed by atoms with Crippen molar-refractivity contribution in [3.8, 4) is 11.4 Å². The summed E-state index contributed by atoms with van der Waals surface area (Å²) in [7, 11) is 0. The molecule has 2 aliphatic rings. The molecule has 1 aromatic carbocycles. The molecule has 32 heavy (non-hydrogen) atoms. The summed E-state index contributed by atoms with van der Waals surface area (Å²) in [5.41, 5.74) is 5.04. The molecule has 1 unspecified atom stereocenters. The van der Waals surface area contributed by atoms with Gasteiger partial charge in [-0.25, -0.2) is 4.39 Å². The van der Waals surface area contributed by atoms with E-state index in [2.05, 4.69) is 20.9 Å². The normalized spacial score (nSPS) is 18.0. The number of fused-ring (bicyclic) bond motifs is 4. The molecule has 5 heterocycles. The van der Waals surface area contributed by atoms with Crippen LogP contribution in [0, 0.1) is 5.82 Å². The number of aromatic amines is 1. The molecular formula is C25H23FN4O2. The average molecular weight is 430 g/mol. The average Bonchev–Trinajstić information content (AvgIpc) is 3.40. The Morgan fingerprint density at radius 1 is 1.19 bits per heavy atom. The number of nitrogens with zero attached hydrogens (tertiary/aromatic N) is 3. The Hall–Kier alpha value is -3.45. The molecule has 6 rings (SSSR count). The van der Waals surface area contributed by atoms with Gasteiger partial charge in [0.15, 0.2) is 0 Å². The van der Waals surface area contributed by atoms with Gasteiger partial charge in [-0.2, -0.15) is 0 Å². The van der Waals surface area contributed by atoms with Gasteiger partial charge in [-0.05, 0) is 55.3 Å². The highest BCUT2D eigenvalue weighted by Gasteiger charge is 2.31. The van der Waals surface area contributed by atoms with E-state index in [1.807, 2.05) is 12.1 Å². The van der Waals surface area contributed by atoms with E-state index in [0.29, 0.717) is 17.5 Å². The molecule has 0 spiro atoms. The maximum Gasteiger partial charge on any atom is 0.258 e. The molecule has 1 fully saturated rings. The summed E-state index contributed by atoms with van der Waals surface area (Å²) in [4.78, 5) is 22.9. The molecule has 0 amide bonds. The van der Waals surface area contributed by atoms with Gasteiger partial charge in [0.1, 0.15) is 18.2 Å². The summed E-state index contributed by atoms with van der Waals surface area (Å²) in [5.74, 6) is 0.0611. The quantitative estimate of drug-likeness (QED) is 0.533. The van der Waals surface area contributed by atoms with Gasteiger partial charge in [-0.1, -0.05) is 6.07 Å². The summed E-state index contributed by atoms with van der Waals surface area (Å²) >= 11 is 0. The second-order valence-electron chi connectivity index (χ2n) is 8.61. The van der Waals surface area contributed by atoms with Crippen molar-refractivity contribution < 1.29 is 9.13 Å². The molecule has 4 aromatic rings. The van der Waals surface area contributed by atoms with Crippen molar-refractivity contribution in [3.63, 3.8) is 0 Å². The lowest BCUT2D eigenvalue weighted by Crippen LogP contribution is -2.34. The minimum atomic E-state index is -0.392. The number of nitrogens with one attached hydrogen (secondary N) is 1. The van der Waals surface area contributed by atoms with Crippen LogP contribution in [0.5, 0.6) is 5.75 Å². The van der Waals surface area contributed by atoms with E-state index in [0.717, 1.165) is 30.4 Å². The van der Waals surface area contributed by atoms with Crippen LogP contribution >= 0.6 is 0 Å². The Kier molecular flexibility index (Phi) is 4.57. The molecule has 0 aliphatic carbocycles. The highest BCUT2D eigenvalue weighted by atomic mass is 19.1. The monoisotopic (exact) mass is 430 g/mol. The number of H-pyrrole nitrogens is 1. The van der Waals surface area contributed by atoms with Crippen molar-refractivity contribution in [3.05, 3.63) is 88.0 Å². The summed E-state index contributed by atoms with van der Waals surface area (Å²) in [5, 5.41) is 1.24. The van der Waals surface area contributed by atoms with Crippen molar-refractivity contribution in [2.45, 2.75) is 38.5 Å². The fourth-order valence-corrected chi connectivity index (χ4v) is 4.99. The van der Waals surface area contributed by atoms with Gasteiger partial charge in [-0.15, -0.1) is 0 Å². The highest BCUT2D eigenvalue weighted by molar-refractivity contribution is 5.86. The fraction of sp³-hybridized carbons (Fsp3) is 0.280. The zero-order valence-corrected chi connectivity index (χ0v) is 17.6. The van der Waals surface area contributed by atoms with Crippen LogP contribution in [-0.4, -0.2) is 32.0 Å². The summed E-state index contributed by atoms with van der Waals surface area (Å²) in [6.45, 7) is 2.37. The zero-order chi connectivity index (χ0) is 21.7. The third kappa shape index (κ3) is 3.39. The predicted octanol–water partition coefficient (Wildman–Crippen LogP) is 3.95. The lowest BCUT2D eigenvalue weighted by Gasteiger charge is -2.29. The molecule has 1 N–H and O–H groups in total. The molecule has 6 nitrogen and oxygen atoms in total. The van der Waals surface area contributed by atoms with Gasteiger partial charge in [0.2, 0.25) is 0 Å². The minimum absolute atomic E-state index is 0.168. The third-order valence-corrected chi connectivity index (χ3v) is 6.62. The predicted molar refractivity (Wildman–Crippen MR) is 120 cm³/mol. The minimum Gasteiger partial charge on any atom is -0.487 e. The number of hydrogen-bond donors (Lipinski definition) is 1. The van der Waals surface area contributed by atoms with E-state index in [9.17, 15) is 9.18 Å². The number of aromatic nitrogens is 3. The smallest absolute Gasteiger partial charge is 0.258 e. The van der Waals surface area contributed by atoms with E-state index in [-0.39, 0.29) is 12.2 Å². The van der Waals surface area contributed by atoms with Crippen molar-refractivity contribution in [2.75, 3.05) is 6.54 Å². The first-order valence-corrected chi connectivity index (χ1v) is 11.0. The van der Waals surface area contributed by atoms with Crippen LogP contribution in [0.2, 0.25) is 0 Å². The van der Waals surface area contributed by atoms with Crippen molar-refractivity contribution in [1.82, 2.24) is 19.4 Å². The van der Waals surface area contributed by atoms with Crippen LogP contribution in [-0.2, 0) is 19.6 Å². The van der Waals surface area contributed by atoms with Gasteiger partial charge in [0.25, 0.3) is 5.56 Å². The molecule has 2 aliphatic heterocycles. The largest absolute Gasteiger partial charge is 0.487 e. The van der Waals surface area contributed by atoms with E-state index >= 15 is 0 Å². The third-order valence-electron chi connectivity index (χ3n) is 6.62. The Labute approximate surface area is 184 Å². The molecule has 162 valence electrons. The van der Waals surface area contributed by atoms with E-state index in [4.69, 9.17) is 4.74 Å². The number of halogens is 1. The maximum atomic E-state index is 13.0. The molecule has 0 radical (unpaired) electrons. The van der Waals surface area contributed by atoms with Crippen LogP contribution in [0.3, 0.4) is 0 Å². The van der Waals surface area contributed by atoms with Gasteiger partial charge >= 0.3 is 0 Å². The molecule has 3 aromatic heterocycles. The van der Waals surface area contributed by atoms with Crippen LogP contribution < -0.4 is 10.3 Å². The van der Waals surface area contributed by atoms with E-state index in [1.165, 1.54) is 48.2 Å². The van der Waals surface area contributed by atoms with Gasteiger partial charge in [0.05, 0.1) is 17.6 Å².